The zero-order valence-corrected chi connectivity index (χ0v) is 11.8. The lowest BCUT2D eigenvalue weighted by atomic mass is 10.2. The summed E-state index contributed by atoms with van der Waals surface area (Å²) in [4.78, 5) is 11.7. The van der Waals surface area contributed by atoms with Crippen LogP contribution in [0.15, 0.2) is 6.33 Å². The van der Waals surface area contributed by atoms with Crippen LogP contribution in [0.3, 0.4) is 0 Å². The summed E-state index contributed by atoms with van der Waals surface area (Å²) in [5.41, 5.74) is 1.23. The van der Waals surface area contributed by atoms with Crippen molar-refractivity contribution in [2.24, 2.45) is 0 Å². The van der Waals surface area contributed by atoms with Gasteiger partial charge in [0.25, 0.3) is 0 Å². The van der Waals surface area contributed by atoms with Gasteiger partial charge in [0, 0.05) is 6.04 Å². The molecule has 2 aromatic heterocycles. The molecule has 4 nitrogen and oxygen atoms in total. The predicted octanol–water partition coefficient (Wildman–Crippen LogP) is 3.91. The van der Waals surface area contributed by atoms with Crippen molar-refractivity contribution < 1.29 is 13.2 Å². The molecule has 0 bridgehead atoms. The molecule has 114 valence electrons. The van der Waals surface area contributed by atoms with Gasteiger partial charge in [-0.05, 0) is 19.3 Å². The predicted molar refractivity (Wildman–Crippen MR) is 71.8 cm³/mol. The Morgan fingerprint density at radius 1 is 1.24 bits per heavy atom. The molecule has 0 spiro atoms. The smallest absolute Gasteiger partial charge is 0.312 e. The average molecular weight is 298 g/mol. The molecule has 1 aliphatic carbocycles. The summed E-state index contributed by atoms with van der Waals surface area (Å²) in [5, 5.41) is 0. The van der Waals surface area contributed by atoms with Crippen LogP contribution in [0.25, 0.3) is 11.2 Å². The van der Waals surface area contributed by atoms with Crippen LogP contribution in [0.2, 0.25) is 0 Å². The third kappa shape index (κ3) is 2.61. The first-order valence-electron chi connectivity index (χ1n) is 7.31. The first-order chi connectivity index (χ1) is 10.0. The summed E-state index contributed by atoms with van der Waals surface area (Å²) in [7, 11) is 0. The van der Waals surface area contributed by atoms with Crippen molar-refractivity contribution in [3.8, 4) is 0 Å². The number of fused-ring (bicyclic) bond motifs is 1. The largest absolute Gasteiger partial charge is 0.451 e. The highest BCUT2D eigenvalue weighted by Gasteiger charge is 2.36. The van der Waals surface area contributed by atoms with Crippen molar-refractivity contribution in [1.29, 1.82) is 0 Å². The topological polar surface area (TPSA) is 43.6 Å². The lowest BCUT2D eigenvalue weighted by Gasteiger charge is -2.13. The maximum Gasteiger partial charge on any atom is 0.451 e. The molecule has 3 rings (SSSR count). The first-order valence-corrected chi connectivity index (χ1v) is 7.31. The molecule has 1 fully saturated rings. The molecule has 0 radical (unpaired) electrons. The number of halogens is 3. The van der Waals surface area contributed by atoms with Gasteiger partial charge in [-0.3, -0.25) is 0 Å². The van der Waals surface area contributed by atoms with Gasteiger partial charge in [-0.25, -0.2) is 15.0 Å². The van der Waals surface area contributed by atoms with Crippen LogP contribution < -0.4 is 0 Å². The first kappa shape index (κ1) is 14.3. The molecular weight excluding hydrogens is 281 g/mol. The number of hydrogen-bond acceptors (Lipinski definition) is 3. The summed E-state index contributed by atoms with van der Waals surface area (Å²) in [6, 6.07) is 0.209. The van der Waals surface area contributed by atoms with Crippen LogP contribution in [-0.4, -0.2) is 19.5 Å². The van der Waals surface area contributed by atoms with E-state index in [1.165, 1.54) is 0 Å². The normalized spacial score (nSPS) is 17.0. The third-order valence-electron chi connectivity index (χ3n) is 3.95. The van der Waals surface area contributed by atoms with E-state index in [1.54, 1.807) is 10.9 Å². The summed E-state index contributed by atoms with van der Waals surface area (Å²) in [6.45, 7) is 1.91. The van der Waals surface area contributed by atoms with E-state index in [4.69, 9.17) is 0 Å². The second kappa shape index (κ2) is 5.27. The minimum atomic E-state index is -4.53. The van der Waals surface area contributed by atoms with Gasteiger partial charge in [0.05, 0.1) is 12.0 Å². The Kier molecular flexibility index (Phi) is 3.59. The maximum absolute atomic E-state index is 13.0. The Labute approximate surface area is 120 Å². The van der Waals surface area contributed by atoms with Gasteiger partial charge in [0.1, 0.15) is 5.52 Å². The van der Waals surface area contributed by atoms with Crippen molar-refractivity contribution in [1.82, 2.24) is 19.5 Å². The van der Waals surface area contributed by atoms with Crippen LogP contribution in [0, 0.1) is 0 Å². The summed E-state index contributed by atoms with van der Waals surface area (Å²) < 4.78 is 40.8. The molecule has 0 atom stereocenters. The third-order valence-corrected chi connectivity index (χ3v) is 3.95. The highest BCUT2D eigenvalue weighted by atomic mass is 19.4. The van der Waals surface area contributed by atoms with E-state index >= 15 is 0 Å². The number of imidazole rings is 1. The number of aryl methyl sites for hydroxylation is 1. The van der Waals surface area contributed by atoms with Gasteiger partial charge in [-0.1, -0.05) is 26.2 Å². The molecule has 0 saturated heterocycles. The molecule has 0 aromatic carbocycles. The Hall–Kier alpha value is -1.66. The van der Waals surface area contributed by atoms with Gasteiger partial charge < -0.3 is 4.57 Å². The van der Waals surface area contributed by atoms with Gasteiger partial charge in [-0.2, -0.15) is 13.2 Å². The van der Waals surface area contributed by atoms with Crippen molar-refractivity contribution >= 4 is 11.2 Å². The van der Waals surface area contributed by atoms with E-state index in [0.29, 0.717) is 23.3 Å². The van der Waals surface area contributed by atoms with Gasteiger partial charge in [0.2, 0.25) is 5.82 Å². The number of hydrogen-bond donors (Lipinski definition) is 0. The maximum atomic E-state index is 13.0. The monoisotopic (exact) mass is 298 g/mol. The minimum absolute atomic E-state index is 0.209. The van der Waals surface area contributed by atoms with Crippen LogP contribution in [0.5, 0.6) is 0 Å². The van der Waals surface area contributed by atoms with Gasteiger partial charge >= 0.3 is 6.18 Å². The highest BCUT2D eigenvalue weighted by Crippen LogP contribution is 2.33. The Morgan fingerprint density at radius 2 is 1.95 bits per heavy atom. The molecule has 21 heavy (non-hydrogen) atoms. The van der Waals surface area contributed by atoms with Crippen molar-refractivity contribution in [2.45, 2.75) is 57.7 Å². The van der Waals surface area contributed by atoms with E-state index < -0.39 is 12.0 Å². The SMILES string of the molecule is CCCc1nc(C(F)(F)F)nc2c1ncn2C1CCCC1. The zero-order chi connectivity index (χ0) is 15.0. The van der Waals surface area contributed by atoms with E-state index in [0.717, 1.165) is 32.1 Å². The minimum Gasteiger partial charge on any atom is -0.312 e. The second-order valence-electron chi connectivity index (χ2n) is 5.50. The number of rotatable bonds is 3. The zero-order valence-electron chi connectivity index (χ0n) is 11.8. The summed E-state index contributed by atoms with van der Waals surface area (Å²) >= 11 is 0. The second-order valence-corrected chi connectivity index (χ2v) is 5.50. The van der Waals surface area contributed by atoms with Crippen LogP contribution in [0.4, 0.5) is 13.2 Å². The van der Waals surface area contributed by atoms with Crippen LogP contribution in [-0.2, 0) is 12.6 Å². The standard InChI is InChI=1S/C14H17F3N4/c1-2-5-10-11-12(20-13(19-10)14(15,16)17)21(8-18-11)9-6-3-4-7-9/h8-9H,2-7H2,1H3. The van der Waals surface area contributed by atoms with Gasteiger partial charge in [-0.15, -0.1) is 0 Å². The number of alkyl halides is 3. The lowest BCUT2D eigenvalue weighted by molar-refractivity contribution is -0.144. The molecule has 1 saturated carbocycles. The quantitative estimate of drug-likeness (QED) is 0.862. The highest BCUT2D eigenvalue weighted by molar-refractivity contribution is 5.73. The van der Waals surface area contributed by atoms with Crippen molar-refractivity contribution in [3.05, 3.63) is 17.8 Å². The van der Waals surface area contributed by atoms with E-state index in [2.05, 4.69) is 15.0 Å². The molecule has 0 aliphatic heterocycles. The fraction of sp³-hybridized carbons (Fsp3) is 0.643. The van der Waals surface area contributed by atoms with E-state index in [-0.39, 0.29) is 6.04 Å². The molecular formula is C14H17F3N4. The number of nitrogens with zero attached hydrogens (tertiary/aromatic N) is 4. The molecule has 1 aliphatic rings. The summed E-state index contributed by atoms with van der Waals surface area (Å²) in [5.74, 6) is -1.06. The fourth-order valence-corrected chi connectivity index (χ4v) is 2.96. The number of aromatic nitrogens is 4. The van der Waals surface area contributed by atoms with Crippen LogP contribution >= 0.6 is 0 Å². The molecule has 7 heteroatoms. The average Bonchev–Trinajstić information content (AvgIpc) is 3.06. The molecule has 0 N–H and O–H groups in total. The molecule has 0 amide bonds. The van der Waals surface area contributed by atoms with Crippen LogP contribution in [0.1, 0.15) is 56.6 Å². The van der Waals surface area contributed by atoms with E-state index in [9.17, 15) is 13.2 Å². The summed E-state index contributed by atoms with van der Waals surface area (Å²) in [6.07, 6.45) is 2.44. The molecule has 2 heterocycles. The lowest BCUT2D eigenvalue weighted by Crippen LogP contribution is -2.14. The van der Waals surface area contributed by atoms with E-state index in [1.807, 2.05) is 6.92 Å². The molecule has 2 aromatic rings. The fourth-order valence-electron chi connectivity index (χ4n) is 2.96. The van der Waals surface area contributed by atoms with Gasteiger partial charge in [0.15, 0.2) is 5.65 Å². The van der Waals surface area contributed by atoms with Crippen molar-refractivity contribution in [2.75, 3.05) is 0 Å². The Morgan fingerprint density at radius 3 is 2.57 bits per heavy atom. The molecule has 0 unspecified atom stereocenters. The Bertz CT molecular complexity index is 641. The van der Waals surface area contributed by atoms with Crippen molar-refractivity contribution in [3.63, 3.8) is 0 Å². The Balaban J connectivity index is 2.16.